The molecule has 2 aliphatic carbocycles. The summed E-state index contributed by atoms with van der Waals surface area (Å²) in [5.74, 6) is 2.91. The van der Waals surface area contributed by atoms with Crippen molar-refractivity contribution in [3.8, 4) is 16.9 Å². The lowest BCUT2D eigenvalue weighted by molar-refractivity contribution is 0.299. The van der Waals surface area contributed by atoms with E-state index in [1.54, 1.807) is 12.3 Å². The number of anilines is 1. The third-order valence-electron chi connectivity index (χ3n) is 6.78. The highest BCUT2D eigenvalue weighted by Gasteiger charge is 2.44. The van der Waals surface area contributed by atoms with Crippen LogP contribution in [0.25, 0.3) is 11.1 Å². The normalized spacial score (nSPS) is 18.3. The molecule has 0 spiro atoms. The molecule has 5 rings (SSSR count). The van der Waals surface area contributed by atoms with Crippen LogP contribution in [0.1, 0.15) is 41.0 Å². The number of halogens is 1. The average molecular weight is 481 g/mol. The van der Waals surface area contributed by atoms with Crippen LogP contribution in [0.4, 0.5) is 10.2 Å². The SMILES string of the molecule is Cc1cc(NCCCS(C)(=O)=O)ncc1-c1ccc(F)c(COc2ccc3c(c2)CC2CC32)c1. The van der Waals surface area contributed by atoms with Crippen molar-refractivity contribution in [3.05, 3.63) is 76.7 Å². The van der Waals surface area contributed by atoms with Gasteiger partial charge in [0.1, 0.15) is 33.8 Å². The van der Waals surface area contributed by atoms with Crippen molar-refractivity contribution in [2.24, 2.45) is 5.92 Å². The van der Waals surface area contributed by atoms with Crippen LogP contribution in [0.3, 0.4) is 0 Å². The van der Waals surface area contributed by atoms with Gasteiger partial charge in [0.05, 0.1) is 5.75 Å². The van der Waals surface area contributed by atoms with Gasteiger partial charge in [0.2, 0.25) is 0 Å². The van der Waals surface area contributed by atoms with E-state index < -0.39 is 9.84 Å². The summed E-state index contributed by atoms with van der Waals surface area (Å²) >= 11 is 0. The van der Waals surface area contributed by atoms with Crippen molar-refractivity contribution in [2.75, 3.05) is 23.9 Å². The minimum atomic E-state index is -2.96. The molecule has 2 atom stereocenters. The Labute approximate surface area is 200 Å². The third-order valence-corrected chi connectivity index (χ3v) is 7.81. The summed E-state index contributed by atoms with van der Waals surface area (Å²) in [4.78, 5) is 4.45. The molecule has 0 amide bonds. The van der Waals surface area contributed by atoms with Crippen molar-refractivity contribution < 1.29 is 17.5 Å². The van der Waals surface area contributed by atoms with Gasteiger partial charge >= 0.3 is 0 Å². The van der Waals surface area contributed by atoms with Gasteiger partial charge in [-0.15, -0.1) is 0 Å². The van der Waals surface area contributed by atoms with Crippen LogP contribution in [0.5, 0.6) is 5.75 Å². The third kappa shape index (κ3) is 5.09. The zero-order valence-corrected chi connectivity index (χ0v) is 20.3. The van der Waals surface area contributed by atoms with Gasteiger partial charge in [0, 0.05) is 30.1 Å². The molecule has 1 aromatic heterocycles. The zero-order chi connectivity index (χ0) is 23.9. The zero-order valence-electron chi connectivity index (χ0n) is 19.5. The minimum Gasteiger partial charge on any atom is -0.489 e. The monoisotopic (exact) mass is 480 g/mol. The number of sulfone groups is 1. The second-order valence-corrected chi connectivity index (χ2v) is 11.8. The number of nitrogens with zero attached hydrogens (tertiary/aromatic N) is 1. The Hall–Kier alpha value is -2.93. The number of pyridine rings is 1. The van der Waals surface area contributed by atoms with Gasteiger partial charge in [-0.25, -0.2) is 17.8 Å². The fourth-order valence-corrected chi connectivity index (χ4v) is 5.54. The summed E-state index contributed by atoms with van der Waals surface area (Å²) in [5.41, 5.74) is 6.13. The molecule has 1 saturated carbocycles. The van der Waals surface area contributed by atoms with Crippen molar-refractivity contribution in [1.29, 1.82) is 0 Å². The standard InChI is InChI=1S/C27H29FN2O3S/c1-17-10-27(29-8-3-9-34(2,31)32)30-15-25(17)18-4-7-26(28)21(11-18)16-33-22-5-6-23-19(13-22)12-20-14-24(20)23/h4-7,10-11,13,15,20,24H,3,8-9,12,14,16H2,1-2H3,(H,29,30). The van der Waals surface area contributed by atoms with E-state index in [2.05, 4.69) is 22.4 Å². The van der Waals surface area contributed by atoms with E-state index in [4.69, 9.17) is 4.74 Å². The van der Waals surface area contributed by atoms with E-state index >= 15 is 0 Å². The van der Waals surface area contributed by atoms with Crippen LogP contribution < -0.4 is 10.1 Å². The number of benzene rings is 2. The molecule has 1 heterocycles. The predicted molar refractivity (Wildman–Crippen MR) is 133 cm³/mol. The van der Waals surface area contributed by atoms with Crippen LogP contribution in [-0.2, 0) is 22.9 Å². The summed E-state index contributed by atoms with van der Waals surface area (Å²) < 4.78 is 43.0. The minimum absolute atomic E-state index is 0.143. The number of aromatic nitrogens is 1. The summed E-state index contributed by atoms with van der Waals surface area (Å²) in [5, 5.41) is 3.16. The summed E-state index contributed by atoms with van der Waals surface area (Å²) in [7, 11) is -2.96. The predicted octanol–water partition coefficient (Wildman–Crippen LogP) is 5.28. The average Bonchev–Trinajstić information content (AvgIpc) is 3.46. The van der Waals surface area contributed by atoms with Crippen LogP contribution in [0.2, 0.25) is 0 Å². The van der Waals surface area contributed by atoms with Crippen LogP contribution >= 0.6 is 0 Å². The lowest BCUT2D eigenvalue weighted by Gasteiger charge is -2.13. The summed E-state index contributed by atoms with van der Waals surface area (Å²) in [6.45, 7) is 2.67. The van der Waals surface area contributed by atoms with E-state index in [1.807, 2.05) is 25.1 Å². The molecule has 0 saturated heterocycles. The van der Waals surface area contributed by atoms with Gasteiger partial charge < -0.3 is 10.1 Å². The maximum absolute atomic E-state index is 14.5. The molecule has 1 N–H and O–H groups in total. The highest BCUT2D eigenvalue weighted by atomic mass is 32.2. The molecule has 2 aromatic carbocycles. The van der Waals surface area contributed by atoms with Gasteiger partial charge in [0.25, 0.3) is 0 Å². The Morgan fingerprint density at radius 2 is 2.03 bits per heavy atom. The molecule has 0 radical (unpaired) electrons. The van der Waals surface area contributed by atoms with E-state index in [0.717, 1.165) is 40.7 Å². The number of hydrogen-bond acceptors (Lipinski definition) is 5. The lowest BCUT2D eigenvalue weighted by atomic mass is 10.0. The molecule has 1 fully saturated rings. The first-order valence-electron chi connectivity index (χ1n) is 11.7. The second-order valence-electron chi connectivity index (χ2n) is 9.56. The Kier molecular flexibility index (Phi) is 6.06. The highest BCUT2D eigenvalue weighted by Crippen LogP contribution is 2.56. The first-order valence-corrected chi connectivity index (χ1v) is 13.8. The molecule has 0 bridgehead atoms. The first kappa shape index (κ1) is 22.8. The molecule has 2 unspecified atom stereocenters. The molecule has 3 aromatic rings. The summed E-state index contributed by atoms with van der Waals surface area (Å²) in [6.07, 6.45) is 5.97. The Morgan fingerprint density at radius 1 is 1.18 bits per heavy atom. The topological polar surface area (TPSA) is 68.3 Å². The van der Waals surface area contributed by atoms with Crippen LogP contribution in [0.15, 0.2) is 48.7 Å². The molecule has 178 valence electrons. The molecular formula is C27H29FN2O3S. The van der Waals surface area contributed by atoms with Gasteiger partial charge in [-0.1, -0.05) is 12.1 Å². The molecular weight excluding hydrogens is 451 g/mol. The van der Waals surface area contributed by atoms with Crippen LogP contribution in [0, 0.1) is 18.7 Å². The lowest BCUT2D eigenvalue weighted by Crippen LogP contribution is -2.10. The second kappa shape index (κ2) is 9.02. The fourth-order valence-electron chi connectivity index (χ4n) is 4.87. The number of fused-ring (bicyclic) bond motifs is 3. The van der Waals surface area contributed by atoms with Crippen molar-refractivity contribution in [3.63, 3.8) is 0 Å². The first-order chi connectivity index (χ1) is 16.3. The van der Waals surface area contributed by atoms with E-state index in [1.165, 1.54) is 29.9 Å². The van der Waals surface area contributed by atoms with E-state index in [0.29, 0.717) is 24.3 Å². The Balaban J connectivity index is 1.25. The fraction of sp³-hybridized carbons (Fsp3) is 0.370. The van der Waals surface area contributed by atoms with Crippen LogP contribution in [-0.4, -0.2) is 32.0 Å². The highest BCUT2D eigenvalue weighted by molar-refractivity contribution is 7.90. The van der Waals surface area contributed by atoms with Gasteiger partial charge in [-0.3, -0.25) is 0 Å². The van der Waals surface area contributed by atoms with Gasteiger partial charge in [-0.2, -0.15) is 0 Å². The maximum Gasteiger partial charge on any atom is 0.147 e. The number of nitrogens with one attached hydrogen (secondary N) is 1. The van der Waals surface area contributed by atoms with E-state index in [9.17, 15) is 12.8 Å². The quantitative estimate of drug-likeness (QED) is 0.422. The number of aryl methyl sites for hydroxylation is 1. The largest absolute Gasteiger partial charge is 0.489 e. The van der Waals surface area contributed by atoms with E-state index in [-0.39, 0.29) is 18.2 Å². The molecule has 0 aliphatic heterocycles. The summed E-state index contributed by atoms with van der Waals surface area (Å²) in [6, 6.07) is 13.2. The molecule has 34 heavy (non-hydrogen) atoms. The Bertz CT molecular complexity index is 1340. The van der Waals surface area contributed by atoms with Crippen molar-refractivity contribution in [2.45, 2.75) is 38.7 Å². The smallest absolute Gasteiger partial charge is 0.147 e. The number of rotatable bonds is 9. The van der Waals surface area contributed by atoms with Gasteiger partial charge in [-0.05, 0) is 90.6 Å². The molecule has 2 aliphatic rings. The molecule has 7 heteroatoms. The van der Waals surface area contributed by atoms with Crippen molar-refractivity contribution in [1.82, 2.24) is 4.98 Å². The maximum atomic E-state index is 14.5. The molecule has 5 nitrogen and oxygen atoms in total. The number of ether oxygens (including phenoxy) is 1. The van der Waals surface area contributed by atoms with Gasteiger partial charge in [0.15, 0.2) is 0 Å². The Morgan fingerprint density at radius 3 is 2.82 bits per heavy atom. The van der Waals surface area contributed by atoms with Crippen molar-refractivity contribution >= 4 is 15.7 Å². The number of hydrogen-bond donors (Lipinski definition) is 1.